The number of ether oxygens (including phenoxy) is 2. The topological polar surface area (TPSA) is 118 Å². The van der Waals surface area contributed by atoms with Crippen molar-refractivity contribution < 1.29 is 9.47 Å². The van der Waals surface area contributed by atoms with Gasteiger partial charge in [0.1, 0.15) is 35.6 Å². The number of anilines is 6. The summed E-state index contributed by atoms with van der Waals surface area (Å²) in [5.74, 6) is 2.33. The normalized spacial score (nSPS) is 16.6. The Bertz CT molecular complexity index is 1580. The molecule has 39 heavy (non-hydrogen) atoms. The maximum absolute atomic E-state index is 9.73. The van der Waals surface area contributed by atoms with Gasteiger partial charge in [-0.25, -0.2) is 0 Å². The third kappa shape index (κ3) is 4.49. The van der Waals surface area contributed by atoms with Gasteiger partial charge in [-0.1, -0.05) is 12.1 Å². The highest BCUT2D eigenvalue weighted by atomic mass is 16.5. The van der Waals surface area contributed by atoms with Crippen molar-refractivity contribution in [2.45, 2.75) is 6.04 Å². The quantitative estimate of drug-likeness (QED) is 0.342. The maximum Gasteiger partial charge on any atom is 0.231 e. The Morgan fingerprint density at radius 3 is 2.79 bits per heavy atom. The Morgan fingerprint density at radius 2 is 2.00 bits per heavy atom. The van der Waals surface area contributed by atoms with Gasteiger partial charge < -0.3 is 39.8 Å². The minimum atomic E-state index is 0.311. The van der Waals surface area contributed by atoms with Crippen LogP contribution in [0.5, 0.6) is 11.5 Å². The molecular formula is C28H31N9O2. The molecule has 11 heteroatoms. The van der Waals surface area contributed by atoms with Crippen molar-refractivity contribution in [1.29, 1.82) is 5.26 Å². The first-order valence-corrected chi connectivity index (χ1v) is 12.8. The predicted octanol–water partition coefficient (Wildman–Crippen LogP) is 3.90. The molecule has 2 aliphatic heterocycles. The van der Waals surface area contributed by atoms with Crippen LogP contribution < -0.4 is 29.9 Å². The lowest BCUT2D eigenvalue weighted by Crippen LogP contribution is -2.56. The van der Waals surface area contributed by atoms with Crippen molar-refractivity contribution in [2.75, 3.05) is 74.9 Å². The second kappa shape index (κ2) is 9.89. The standard InChI is InChI=1S/C28H31N9O2/c1-35(2)21-8-6-5-7-19(21)31-27-25-17(13-29)14-30-26(25)33-28(34-27)32-20-11-24-22(12-23(20)38-4)37-10-9-36(3)15-18(37)16-39-24/h5-8,11-12,14,18H,9-10,15-16H2,1-4H3,(H3,30,31,32,33,34). The summed E-state index contributed by atoms with van der Waals surface area (Å²) in [5.41, 5.74) is 4.58. The van der Waals surface area contributed by atoms with E-state index < -0.39 is 0 Å². The number of nitrogens with zero attached hydrogens (tertiary/aromatic N) is 6. The lowest BCUT2D eigenvalue weighted by molar-refractivity contribution is 0.188. The average Bonchev–Trinajstić information content (AvgIpc) is 3.36. The number of rotatable bonds is 6. The average molecular weight is 526 g/mol. The Morgan fingerprint density at radius 1 is 1.15 bits per heavy atom. The summed E-state index contributed by atoms with van der Waals surface area (Å²) in [4.78, 5) is 19.3. The highest BCUT2D eigenvalue weighted by Crippen LogP contribution is 2.43. The molecule has 2 aliphatic rings. The third-order valence-electron chi connectivity index (χ3n) is 7.24. The van der Waals surface area contributed by atoms with Crippen LogP contribution in [-0.2, 0) is 0 Å². The summed E-state index contributed by atoms with van der Waals surface area (Å²) in [5, 5.41) is 17.1. The number of nitrogens with one attached hydrogen (secondary N) is 3. The van der Waals surface area contributed by atoms with Crippen molar-refractivity contribution in [3.8, 4) is 17.6 Å². The molecule has 0 spiro atoms. The van der Waals surface area contributed by atoms with Crippen LogP contribution >= 0.6 is 0 Å². The van der Waals surface area contributed by atoms with E-state index in [9.17, 15) is 5.26 Å². The van der Waals surface area contributed by atoms with Crippen LogP contribution in [0.4, 0.5) is 34.5 Å². The van der Waals surface area contributed by atoms with E-state index in [-0.39, 0.29) is 0 Å². The number of piperazine rings is 1. The van der Waals surface area contributed by atoms with Gasteiger partial charge in [0.25, 0.3) is 0 Å². The zero-order valence-electron chi connectivity index (χ0n) is 22.4. The first-order chi connectivity index (χ1) is 18.9. The summed E-state index contributed by atoms with van der Waals surface area (Å²) in [6.45, 7) is 3.53. The number of nitriles is 1. The van der Waals surface area contributed by atoms with E-state index in [1.807, 2.05) is 55.4 Å². The molecular weight excluding hydrogens is 494 g/mol. The van der Waals surface area contributed by atoms with Crippen LogP contribution in [0.15, 0.2) is 42.6 Å². The largest absolute Gasteiger partial charge is 0.494 e. The van der Waals surface area contributed by atoms with Crippen LogP contribution in [0, 0.1) is 11.3 Å². The Hall–Kier alpha value is -4.69. The van der Waals surface area contributed by atoms with E-state index >= 15 is 0 Å². The fraction of sp³-hybridized carbons (Fsp3) is 0.321. The van der Waals surface area contributed by atoms with Gasteiger partial charge in [-0.2, -0.15) is 15.2 Å². The number of para-hydroxylation sites is 2. The SMILES string of the molecule is COc1cc2c(cc1Nc1nc(Nc3ccccc3N(C)C)c3c(C#N)c[nH]c3n1)OCC1CN(C)CCN21. The van der Waals surface area contributed by atoms with Gasteiger partial charge in [0.05, 0.1) is 46.9 Å². The summed E-state index contributed by atoms with van der Waals surface area (Å²) in [6, 6.07) is 14.4. The van der Waals surface area contributed by atoms with E-state index in [1.165, 1.54) is 0 Å². The molecule has 1 unspecified atom stereocenters. The Labute approximate surface area is 227 Å². The fourth-order valence-corrected chi connectivity index (χ4v) is 5.30. The van der Waals surface area contributed by atoms with Gasteiger partial charge in [-0.15, -0.1) is 0 Å². The lowest BCUT2D eigenvalue weighted by atomic mass is 10.1. The molecule has 200 valence electrons. The molecule has 0 aliphatic carbocycles. The van der Waals surface area contributed by atoms with Gasteiger partial charge in [-0.05, 0) is 19.2 Å². The number of hydrogen-bond acceptors (Lipinski definition) is 10. The number of benzene rings is 2. The molecule has 11 nitrogen and oxygen atoms in total. The fourth-order valence-electron chi connectivity index (χ4n) is 5.30. The van der Waals surface area contributed by atoms with Crippen LogP contribution in [0.3, 0.4) is 0 Å². The van der Waals surface area contributed by atoms with Gasteiger partial charge in [0, 0.05) is 52.1 Å². The van der Waals surface area contributed by atoms with E-state index in [1.54, 1.807) is 13.3 Å². The van der Waals surface area contributed by atoms with Gasteiger partial charge in [0.2, 0.25) is 5.95 Å². The molecule has 0 saturated carbocycles. The van der Waals surface area contributed by atoms with Crippen molar-refractivity contribution in [3.63, 3.8) is 0 Å². The molecule has 1 saturated heterocycles. The molecule has 2 aromatic heterocycles. The number of likely N-dealkylation sites (N-methyl/N-ethyl adjacent to an activating group) is 1. The second-order valence-corrected chi connectivity index (χ2v) is 10.0. The van der Waals surface area contributed by atoms with Crippen LogP contribution in [0.2, 0.25) is 0 Å². The highest BCUT2D eigenvalue weighted by Gasteiger charge is 2.33. The van der Waals surface area contributed by atoms with Gasteiger partial charge >= 0.3 is 0 Å². The first kappa shape index (κ1) is 24.6. The van der Waals surface area contributed by atoms with Crippen molar-refractivity contribution in [2.24, 2.45) is 0 Å². The Kier molecular flexibility index (Phi) is 6.24. The minimum absolute atomic E-state index is 0.311. The summed E-state index contributed by atoms with van der Waals surface area (Å²) in [6.07, 6.45) is 1.64. The molecule has 4 aromatic rings. The zero-order chi connectivity index (χ0) is 27.1. The molecule has 2 aromatic carbocycles. The molecule has 1 atom stereocenters. The molecule has 4 heterocycles. The first-order valence-electron chi connectivity index (χ1n) is 12.8. The summed E-state index contributed by atoms with van der Waals surface area (Å²) >= 11 is 0. The predicted molar refractivity (Wildman–Crippen MR) is 153 cm³/mol. The van der Waals surface area contributed by atoms with Crippen LogP contribution in [-0.4, -0.2) is 80.4 Å². The number of H-pyrrole nitrogens is 1. The smallest absolute Gasteiger partial charge is 0.231 e. The van der Waals surface area contributed by atoms with Crippen molar-refractivity contribution >= 4 is 45.5 Å². The number of hydrogen-bond donors (Lipinski definition) is 3. The highest BCUT2D eigenvalue weighted by molar-refractivity contribution is 5.96. The minimum Gasteiger partial charge on any atom is -0.494 e. The molecule has 1 fully saturated rings. The van der Waals surface area contributed by atoms with E-state index in [0.29, 0.717) is 52.4 Å². The second-order valence-electron chi connectivity index (χ2n) is 10.0. The van der Waals surface area contributed by atoms with Gasteiger partial charge in [-0.3, -0.25) is 0 Å². The van der Waals surface area contributed by atoms with E-state index in [4.69, 9.17) is 14.5 Å². The molecule has 0 amide bonds. The van der Waals surface area contributed by atoms with Crippen molar-refractivity contribution in [3.05, 3.63) is 48.2 Å². The molecule has 0 radical (unpaired) electrons. The van der Waals surface area contributed by atoms with Crippen LogP contribution in [0.1, 0.15) is 5.56 Å². The summed E-state index contributed by atoms with van der Waals surface area (Å²) in [7, 11) is 7.75. The maximum atomic E-state index is 9.73. The number of methoxy groups -OCH3 is 1. The number of fused-ring (bicyclic) bond motifs is 4. The molecule has 3 N–H and O–H groups in total. The molecule has 6 rings (SSSR count). The number of aromatic nitrogens is 3. The van der Waals surface area contributed by atoms with E-state index in [0.717, 1.165) is 42.4 Å². The summed E-state index contributed by atoms with van der Waals surface area (Å²) < 4.78 is 12.0. The molecule has 0 bridgehead atoms. The van der Waals surface area contributed by atoms with E-state index in [2.05, 4.69) is 43.5 Å². The van der Waals surface area contributed by atoms with Crippen LogP contribution in [0.25, 0.3) is 11.0 Å². The number of aromatic amines is 1. The Balaban J connectivity index is 1.38. The zero-order valence-corrected chi connectivity index (χ0v) is 22.4. The van der Waals surface area contributed by atoms with Gasteiger partial charge in [0.15, 0.2) is 0 Å². The third-order valence-corrected chi connectivity index (χ3v) is 7.24. The lowest BCUT2D eigenvalue weighted by Gasteiger charge is -2.44. The van der Waals surface area contributed by atoms with Crippen molar-refractivity contribution in [1.82, 2.24) is 19.9 Å². The monoisotopic (exact) mass is 525 g/mol.